The van der Waals surface area contributed by atoms with E-state index in [0.717, 1.165) is 38.2 Å². The van der Waals surface area contributed by atoms with Crippen LogP contribution in [0.5, 0.6) is 0 Å². The number of nitrogens with one attached hydrogen (secondary N) is 2. The average Bonchev–Trinajstić information content (AvgIpc) is 3.19. The summed E-state index contributed by atoms with van der Waals surface area (Å²) in [6, 6.07) is 0.611. The molecule has 4 atom stereocenters. The van der Waals surface area contributed by atoms with Crippen molar-refractivity contribution in [2.75, 3.05) is 26.4 Å². The summed E-state index contributed by atoms with van der Waals surface area (Å²) in [6.07, 6.45) is 9.63. The van der Waals surface area contributed by atoms with Crippen molar-refractivity contribution in [2.24, 2.45) is 5.92 Å². The SMILES string of the molecule is Cl.O=C(NCCCOCC1CCCO1)C1CC2CCCCC2N1. The first-order chi connectivity index (χ1) is 10.8. The van der Waals surface area contributed by atoms with Crippen LogP contribution in [-0.2, 0) is 14.3 Å². The first-order valence-corrected chi connectivity index (χ1v) is 9.06. The molecule has 0 aromatic rings. The van der Waals surface area contributed by atoms with Crippen LogP contribution in [0.4, 0.5) is 0 Å². The Bertz CT molecular complexity index is 350. The third kappa shape index (κ3) is 5.59. The smallest absolute Gasteiger partial charge is 0.237 e. The van der Waals surface area contributed by atoms with Crippen LogP contribution < -0.4 is 10.6 Å². The van der Waals surface area contributed by atoms with Crippen LogP contribution in [0.1, 0.15) is 51.4 Å². The second kappa shape index (κ2) is 9.82. The number of carbonyl (C=O) groups is 1. The molecular weight excluding hydrogens is 316 g/mol. The number of rotatable bonds is 7. The highest BCUT2D eigenvalue weighted by molar-refractivity contribution is 5.85. The summed E-state index contributed by atoms with van der Waals surface area (Å²) < 4.78 is 11.1. The lowest BCUT2D eigenvalue weighted by atomic mass is 9.85. The lowest BCUT2D eigenvalue weighted by Crippen LogP contribution is -2.43. The number of hydrogen-bond donors (Lipinski definition) is 2. The van der Waals surface area contributed by atoms with Crippen molar-refractivity contribution in [2.45, 2.75) is 69.6 Å². The summed E-state index contributed by atoms with van der Waals surface area (Å²) in [6.45, 7) is 2.98. The number of hydrogen-bond acceptors (Lipinski definition) is 4. The maximum atomic E-state index is 12.2. The molecule has 1 saturated carbocycles. The molecule has 2 heterocycles. The van der Waals surface area contributed by atoms with Crippen molar-refractivity contribution < 1.29 is 14.3 Å². The highest BCUT2D eigenvalue weighted by Crippen LogP contribution is 2.33. The second-order valence-electron chi connectivity index (χ2n) is 6.96. The monoisotopic (exact) mass is 346 g/mol. The van der Waals surface area contributed by atoms with E-state index in [-0.39, 0.29) is 24.4 Å². The van der Waals surface area contributed by atoms with Gasteiger partial charge in [0.1, 0.15) is 0 Å². The number of halogens is 1. The highest BCUT2D eigenvalue weighted by Gasteiger charge is 2.37. The van der Waals surface area contributed by atoms with E-state index < -0.39 is 0 Å². The van der Waals surface area contributed by atoms with E-state index >= 15 is 0 Å². The molecule has 5 nitrogen and oxygen atoms in total. The van der Waals surface area contributed by atoms with Crippen LogP contribution in [0, 0.1) is 5.92 Å². The molecule has 0 radical (unpaired) electrons. The molecule has 2 saturated heterocycles. The zero-order valence-corrected chi connectivity index (χ0v) is 14.7. The number of amides is 1. The van der Waals surface area contributed by atoms with E-state index in [9.17, 15) is 4.79 Å². The molecule has 1 aliphatic carbocycles. The van der Waals surface area contributed by atoms with Crippen molar-refractivity contribution in [3.63, 3.8) is 0 Å². The molecule has 0 aromatic carbocycles. The zero-order chi connectivity index (χ0) is 15.2. The van der Waals surface area contributed by atoms with Crippen LogP contribution >= 0.6 is 12.4 Å². The Hall–Kier alpha value is -0.360. The van der Waals surface area contributed by atoms with Gasteiger partial charge < -0.3 is 20.1 Å². The van der Waals surface area contributed by atoms with Gasteiger partial charge >= 0.3 is 0 Å². The average molecular weight is 347 g/mol. The van der Waals surface area contributed by atoms with Gasteiger partial charge in [0.15, 0.2) is 0 Å². The summed E-state index contributed by atoms with van der Waals surface area (Å²) in [4.78, 5) is 12.2. The summed E-state index contributed by atoms with van der Waals surface area (Å²) in [5, 5.41) is 6.57. The molecule has 4 unspecified atom stereocenters. The van der Waals surface area contributed by atoms with Crippen LogP contribution in [0.2, 0.25) is 0 Å². The van der Waals surface area contributed by atoms with Crippen molar-refractivity contribution >= 4 is 18.3 Å². The lowest BCUT2D eigenvalue weighted by molar-refractivity contribution is -0.122. The minimum absolute atomic E-state index is 0. The maximum absolute atomic E-state index is 12.2. The zero-order valence-electron chi connectivity index (χ0n) is 13.9. The number of ether oxygens (including phenoxy) is 2. The fraction of sp³-hybridized carbons (Fsp3) is 0.941. The Morgan fingerprint density at radius 2 is 2.09 bits per heavy atom. The molecule has 2 N–H and O–H groups in total. The molecule has 2 aliphatic heterocycles. The van der Waals surface area contributed by atoms with Gasteiger partial charge in [0.2, 0.25) is 5.91 Å². The van der Waals surface area contributed by atoms with Gasteiger partial charge in [-0.1, -0.05) is 12.8 Å². The first-order valence-electron chi connectivity index (χ1n) is 9.06. The van der Waals surface area contributed by atoms with Gasteiger partial charge in [-0.05, 0) is 44.4 Å². The van der Waals surface area contributed by atoms with Crippen molar-refractivity contribution in [1.82, 2.24) is 10.6 Å². The van der Waals surface area contributed by atoms with E-state index in [1.54, 1.807) is 0 Å². The van der Waals surface area contributed by atoms with E-state index in [2.05, 4.69) is 10.6 Å². The Balaban J connectivity index is 0.00000192. The maximum Gasteiger partial charge on any atom is 0.237 e. The molecular formula is C17H31ClN2O3. The van der Waals surface area contributed by atoms with Gasteiger partial charge in [-0.15, -0.1) is 12.4 Å². The van der Waals surface area contributed by atoms with Crippen molar-refractivity contribution in [3.8, 4) is 0 Å². The molecule has 3 aliphatic rings. The van der Waals surface area contributed by atoms with Gasteiger partial charge in [-0.25, -0.2) is 0 Å². The van der Waals surface area contributed by atoms with Crippen LogP contribution in [0.3, 0.4) is 0 Å². The quantitative estimate of drug-likeness (QED) is 0.692. The highest BCUT2D eigenvalue weighted by atomic mass is 35.5. The van der Waals surface area contributed by atoms with Crippen LogP contribution in [0.15, 0.2) is 0 Å². The Morgan fingerprint density at radius 3 is 2.87 bits per heavy atom. The van der Waals surface area contributed by atoms with E-state index in [4.69, 9.17) is 9.47 Å². The van der Waals surface area contributed by atoms with Gasteiger partial charge in [0, 0.05) is 25.8 Å². The molecule has 1 amide bonds. The minimum atomic E-state index is 0. The van der Waals surface area contributed by atoms with Gasteiger partial charge in [0.25, 0.3) is 0 Å². The number of fused-ring (bicyclic) bond motifs is 1. The summed E-state index contributed by atoms with van der Waals surface area (Å²) in [5.41, 5.74) is 0. The van der Waals surface area contributed by atoms with E-state index in [1.165, 1.54) is 25.7 Å². The predicted molar refractivity (Wildman–Crippen MR) is 92.0 cm³/mol. The Labute approximate surface area is 145 Å². The van der Waals surface area contributed by atoms with Gasteiger partial charge in [-0.2, -0.15) is 0 Å². The first kappa shape index (κ1) is 19.0. The summed E-state index contributed by atoms with van der Waals surface area (Å²) in [5.74, 6) is 0.896. The molecule has 3 fully saturated rings. The van der Waals surface area contributed by atoms with Gasteiger partial charge in [0.05, 0.1) is 18.8 Å². The molecule has 134 valence electrons. The molecule has 3 rings (SSSR count). The molecule has 6 heteroatoms. The molecule has 0 bridgehead atoms. The van der Waals surface area contributed by atoms with Crippen molar-refractivity contribution in [3.05, 3.63) is 0 Å². The topological polar surface area (TPSA) is 59.6 Å². The fourth-order valence-electron chi connectivity index (χ4n) is 4.02. The number of carbonyl (C=O) groups excluding carboxylic acids is 1. The van der Waals surface area contributed by atoms with Gasteiger partial charge in [-0.3, -0.25) is 4.79 Å². The standard InChI is InChI=1S/C17H30N2O3.ClH/c20-17(16-11-13-5-1-2-7-15(13)19-16)18-8-4-9-21-12-14-6-3-10-22-14;/h13-16,19H,1-12H2,(H,18,20);1H. The van der Waals surface area contributed by atoms with Crippen molar-refractivity contribution in [1.29, 1.82) is 0 Å². The minimum Gasteiger partial charge on any atom is -0.379 e. The van der Waals surface area contributed by atoms with Crippen LogP contribution in [0.25, 0.3) is 0 Å². The van der Waals surface area contributed by atoms with E-state index in [0.29, 0.717) is 31.9 Å². The normalized spacial score (nSPS) is 33.0. The van der Waals surface area contributed by atoms with Crippen LogP contribution in [-0.4, -0.2) is 50.5 Å². The molecule has 23 heavy (non-hydrogen) atoms. The summed E-state index contributed by atoms with van der Waals surface area (Å²) >= 11 is 0. The molecule has 0 spiro atoms. The predicted octanol–water partition coefficient (Wildman–Crippen LogP) is 2.03. The summed E-state index contributed by atoms with van der Waals surface area (Å²) in [7, 11) is 0. The Kier molecular flexibility index (Phi) is 8.10. The fourth-order valence-corrected chi connectivity index (χ4v) is 4.02. The van der Waals surface area contributed by atoms with E-state index in [1.807, 2.05) is 0 Å². The largest absolute Gasteiger partial charge is 0.379 e. The third-order valence-corrected chi connectivity index (χ3v) is 5.27. The molecule has 0 aromatic heterocycles. The Morgan fingerprint density at radius 1 is 1.22 bits per heavy atom. The lowest BCUT2D eigenvalue weighted by Gasteiger charge is -2.24. The second-order valence-corrected chi connectivity index (χ2v) is 6.96. The third-order valence-electron chi connectivity index (χ3n) is 5.27.